The lowest BCUT2D eigenvalue weighted by Gasteiger charge is -2.33. The Morgan fingerprint density at radius 1 is 1.35 bits per heavy atom. The molecule has 8 nitrogen and oxygen atoms in total. The minimum absolute atomic E-state index is 0.0920. The number of hydrogen-bond acceptors (Lipinski definition) is 5. The van der Waals surface area contributed by atoms with Crippen LogP contribution in [0.5, 0.6) is 0 Å². The van der Waals surface area contributed by atoms with E-state index in [1.54, 1.807) is 0 Å². The van der Waals surface area contributed by atoms with Crippen LogP contribution in [0.2, 0.25) is 0 Å². The zero-order valence-corrected chi connectivity index (χ0v) is 14.2. The van der Waals surface area contributed by atoms with Gasteiger partial charge < -0.3 is 9.80 Å². The molecule has 0 amide bonds. The van der Waals surface area contributed by atoms with Gasteiger partial charge in [0.15, 0.2) is 0 Å². The summed E-state index contributed by atoms with van der Waals surface area (Å²) in [6, 6.07) is 4.08. The summed E-state index contributed by atoms with van der Waals surface area (Å²) in [4.78, 5) is 14.2. The highest BCUT2D eigenvalue weighted by molar-refractivity contribution is 7.89. The Labute approximate surface area is 136 Å². The number of benzene rings is 1. The van der Waals surface area contributed by atoms with E-state index in [-0.39, 0.29) is 10.6 Å². The third-order valence-electron chi connectivity index (χ3n) is 4.14. The third-order valence-corrected chi connectivity index (χ3v) is 5.55. The van der Waals surface area contributed by atoms with E-state index in [4.69, 9.17) is 0 Å². The highest BCUT2D eigenvalue weighted by Gasteiger charge is 2.27. The lowest BCUT2D eigenvalue weighted by atomic mass is 10.2. The molecule has 23 heavy (non-hydrogen) atoms. The summed E-state index contributed by atoms with van der Waals surface area (Å²) >= 11 is 0. The van der Waals surface area contributed by atoms with E-state index in [1.165, 1.54) is 24.1 Å². The summed E-state index contributed by atoms with van der Waals surface area (Å²) in [7, 11) is -2.41. The summed E-state index contributed by atoms with van der Waals surface area (Å²) in [5, 5.41) is 11.4. The zero-order chi connectivity index (χ0) is 17.0. The van der Waals surface area contributed by atoms with Crippen LogP contribution in [0.25, 0.3) is 0 Å². The van der Waals surface area contributed by atoms with E-state index < -0.39 is 14.9 Å². The van der Waals surface area contributed by atoms with E-state index in [9.17, 15) is 18.5 Å². The number of rotatable bonds is 6. The molecule has 2 N–H and O–H groups in total. The van der Waals surface area contributed by atoms with Crippen LogP contribution < -0.4 is 14.5 Å². The Kier molecular flexibility index (Phi) is 5.55. The maximum atomic E-state index is 11.8. The van der Waals surface area contributed by atoms with Crippen molar-refractivity contribution in [3.63, 3.8) is 0 Å². The number of nitro groups is 1. The van der Waals surface area contributed by atoms with Crippen molar-refractivity contribution in [2.24, 2.45) is 0 Å². The second-order valence-corrected chi connectivity index (χ2v) is 7.49. The maximum absolute atomic E-state index is 11.8. The summed E-state index contributed by atoms with van der Waals surface area (Å²) in [5.41, 5.74) is 0.320. The van der Waals surface area contributed by atoms with Crippen LogP contribution in [0.15, 0.2) is 23.1 Å². The number of anilines is 1. The molecule has 0 atom stereocenters. The molecule has 0 unspecified atom stereocenters. The van der Waals surface area contributed by atoms with Crippen LogP contribution in [0, 0.1) is 10.1 Å². The van der Waals surface area contributed by atoms with Gasteiger partial charge in [0.25, 0.3) is 5.69 Å². The molecule has 1 heterocycles. The first-order valence-corrected chi connectivity index (χ1v) is 9.18. The Morgan fingerprint density at radius 3 is 2.52 bits per heavy atom. The van der Waals surface area contributed by atoms with Crippen molar-refractivity contribution in [2.45, 2.75) is 18.2 Å². The molecule has 0 spiro atoms. The quantitative estimate of drug-likeness (QED) is 0.542. The van der Waals surface area contributed by atoms with Crippen LogP contribution in [-0.4, -0.2) is 53.1 Å². The predicted octanol–water partition coefficient (Wildman–Crippen LogP) is -0.382. The molecule has 0 saturated carbocycles. The van der Waals surface area contributed by atoms with Gasteiger partial charge in [-0.05, 0) is 25.6 Å². The molecule has 0 radical (unpaired) electrons. The van der Waals surface area contributed by atoms with Crippen molar-refractivity contribution in [1.82, 2.24) is 4.72 Å². The molecule has 1 fully saturated rings. The van der Waals surface area contributed by atoms with Crippen molar-refractivity contribution in [2.75, 3.05) is 44.7 Å². The lowest BCUT2D eigenvalue weighted by Crippen LogP contribution is -3.14. The molecule has 1 saturated heterocycles. The number of nitrogens with one attached hydrogen (secondary N) is 2. The minimum Gasteiger partial charge on any atom is -0.355 e. The predicted molar refractivity (Wildman–Crippen MR) is 87.4 cm³/mol. The van der Waals surface area contributed by atoms with Gasteiger partial charge in [-0.3, -0.25) is 10.1 Å². The standard InChI is InChI=1S/C14H22N4O4S/c1-3-6-16-7-9-17(10-8-16)13-5-4-12(23(21,22)15-2)11-14(13)18(19)20/h4-5,11,15H,3,6-10H2,1-2H3/p+1. The first-order valence-electron chi connectivity index (χ1n) is 7.69. The fraction of sp³-hybridized carbons (Fsp3) is 0.571. The molecule has 0 aliphatic carbocycles. The lowest BCUT2D eigenvalue weighted by molar-refractivity contribution is -0.900. The molecule has 1 aliphatic rings. The number of nitrogens with zero attached hydrogens (tertiary/aromatic N) is 2. The van der Waals surface area contributed by atoms with E-state index >= 15 is 0 Å². The Balaban J connectivity index is 2.28. The third kappa shape index (κ3) is 3.98. The van der Waals surface area contributed by atoms with Crippen LogP contribution >= 0.6 is 0 Å². The molecular formula is C14H23N4O4S+. The van der Waals surface area contributed by atoms with Crippen LogP contribution in [-0.2, 0) is 10.0 Å². The maximum Gasteiger partial charge on any atom is 0.293 e. The van der Waals surface area contributed by atoms with Gasteiger partial charge in [-0.15, -0.1) is 0 Å². The Bertz CT molecular complexity index is 669. The number of piperazine rings is 1. The molecule has 0 bridgehead atoms. The van der Waals surface area contributed by atoms with E-state index in [1.807, 2.05) is 4.90 Å². The van der Waals surface area contributed by atoms with Gasteiger partial charge in [0, 0.05) is 6.07 Å². The molecule has 9 heteroatoms. The molecule has 1 aromatic rings. The van der Waals surface area contributed by atoms with Crippen molar-refractivity contribution < 1.29 is 18.2 Å². The first-order chi connectivity index (χ1) is 10.9. The second kappa shape index (κ2) is 7.24. The number of nitro benzene ring substituents is 1. The number of quaternary nitrogens is 1. The van der Waals surface area contributed by atoms with Gasteiger partial charge in [-0.25, -0.2) is 13.1 Å². The first kappa shape index (κ1) is 17.6. The molecule has 128 valence electrons. The van der Waals surface area contributed by atoms with Crippen LogP contribution in [0.1, 0.15) is 13.3 Å². The van der Waals surface area contributed by atoms with Crippen molar-refractivity contribution >= 4 is 21.4 Å². The molecule has 1 aliphatic heterocycles. The summed E-state index contributed by atoms with van der Waals surface area (Å²) < 4.78 is 25.8. The minimum atomic E-state index is -3.69. The average molecular weight is 343 g/mol. The van der Waals surface area contributed by atoms with E-state index in [2.05, 4.69) is 11.6 Å². The van der Waals surface area contributed by atoms with Gasteiger partial charge in [0.1, 0.15) is 5.69 Å². The van der Waals surface area contributed by atoms with Crippen molar-refractivity contribution in [3.8, 4) is 0 Å². The van der Waals surface area contributed by atoms with Gasteiger partial charge in [0.05, 0.1) is 42.5 Å². The van der Waals surface area contributed by atoms with E-state index in [0.717, 1.165) is 45.2 Å². The zero-order valence-electron chi connectivity index (χ0n) is 13.4. The molecule has 1 aromatic carbocycles. The fourth-order valence-corrected chi connectivity index (χ4v) is 3.62. The monoisotopic (exact) mass is 343 g/mol. The van der Waals surface area contributed by atoms with Crippen molar-refractivity contribution in [1.29, 1.82) is 0 Å². The molecular weight excluding hydrogens is 320 g/mol. The van der Waals surface area contributed by atoms with Gasteiger partial charge >= 0.3 is 0 Å². The van der Waals surface area contributed by atoms with Gasteiger partial charge in [-0.1, -0.05) is 6.92 Å². The highest BCUT2D eigenvalue weighted by atomic mass is 32.2. The fourth-order valence-electron chi connectivity index (χ4n) is 2.87. The van der Waals surface area contributed by atoms with E-state index in [0.29, 0.717) is 5.69 Å². The highest BCUT2D eigenvalue weighted by Crippen LogP contribution is 2.30. The SMILES string of the molecule is CCC[NH+]1CCN(c2ccc(S(=O)(=O)NC)cc2[N+](=O)[O-])CC1. The summed E-state index contributed by atoms with van der Waals surface area (Å²) in [6.07, 6.45) is 1.12. The molecule has 2 rings (SSSR count). The Morgan fingerprint density at radius 2 is 2.00 bits per heavy atom. The van der Waals surface area contributed by atoms with Crippen LogP contribution in [0.3, 0.4) is 0 Å². The van der Waals surface area contributed by atoms with Gasteiger partial charge in [0.2, 0.25) is 10.0 Å². The Hall–Kier alpha value is -1.71. The number of hydrogen-bond donors (Lipinski definition) is 2. The summed E-state index contributed by atoms with van der Waals surface area (Å²) in [6.45, 7) is 6.58. The summed E-state index contributed by atoms with van der Waals surface area (Å²) in [5.74, 6) is 0. The smallest absolute Gasteiger partial charge is 0.293 e. The average Bonchev–Trinajstić information content (AvgIpc) is 2.55. The van der Waals surface area contributed by atoms with Crippen LogP contribution in [0.4, 0.5) is 11.4 Å². The van der Waals surface area contributed by atoms with Gasteiger partial charge in [-0.2, -0.15) is 0 Å². The van der Waals surface area contributed by atoms with Crippen molar-refractivity contribution in [3.05, 3.63) is 28.3 Å². The topological polar surface area (TPSA) is 97.0 Å². The molecule has 0 aromatic heterocycles. The largest absolute Gasteiger partial charge is 0.355 e. The normalized spacial score (nSPS) is 16.5. The number of sulfonamides is 1. The second-order valence-electron chi connectivity index (χ2n) is 5.60.